The van der Waals surface area contributed by atoms with Gasteiger partial charge in [0.25, 0.3) is 0 Å². The summed E-state index contributed by atoms with van der Waals surface area (Å²) < 4.78 is 51.4. The molecule has 0 saturated carbocycles. The lowest BCUT2D eigenvalue weighted by Crippen LogP contribution is -2.15. The van der Waals surface area contributed by atoms with Crippen molar-refractivity contribution < 1.29 is 8.22 Å². The van der Waals surface area contributed by atoms with E-state index < -0.39 is 19.1 Å². The Morgan fingerprint density at radius 1 is 0.815 bits per heavy atom. The first-order valence-corrected chi connectivity index (χ1v) is 9.85. The van der Waals surface area contributed by atoms with E-state index in [1.54, 1.807) is 12.1 Å². The van der Waals surface area contributed by atoms with Crippen molar-refractivity contribution in [3.63, 3.8) is 0 Å². The van der Waals surface area contributed by atoms with Gasteiger partial charge in [0.2, 0.25) is 0 Å². The maximum absolute atomic E-state index is 8.57. The number of thiophene rings is 1. The van der Waals surface area contributed by atoms with Gasteiger partial charge in [-0.1, -0.05) is 92.0 Å². The second-order valence-corrected chi connectivity index (χ2v) is 8.14. The van der Waals surface area contributed by atoms with Crippen molar-refractivity contribution in [2.45, 2.75) is 19.1 Å². The molecule has 0 bridgehead atoms. The maximum atomic E-state index is 8.57. The van der Waals surface area contributed by atoms with E-state index in [-0.39, 0.29) is 5.56 Å². The van der Waals surface area contributed by atoms with Crippen LogP contribution in [-0.2, 0) is 5.41 Å². The first-order chi connectivity index (χ1) is 15.6. The molecule has 4 aromatic rings. The first-order valence-electron chi connectivity index (χ1n) is 11.7. The highest BCUT2D eigenvalue weighted by atomic mass is 35.5. The molecule has 0 amide bonds. The van der Waals surface area contributed by atoms with Gasteiger partial charge in [-0.2, -0.15) is 0 Å². The summed E-state index contributed by atoms with van der Waals surface area (Å²) in [5, 5.41) is 0.308. The standard InChI is InChI=1S/C25H19ClS/c1-25(2)20-15-18(26)13-14-19(20)21-22(25)24(17-11-7-4-8-12-17)27-23(21)16-9-5-3-6-10-16/h3-15H,1-2H3/i1D3,2D3. The van der Waals surface area contributed by atoms with Gasteiger partial charge in [0.15, 0.2) is 0 Å². The summed E-state index contributed by atoms with van der Waals surface area (Å²) in [5.74, 6) is 0. The van der Waals surface area contributed by atoms with E-state index >= 15 is 0 Å². The van der Waals surface area contributed by atoms with Gasteiger partial charge in [-0.05, 0) is 39.9 Å². The molecule has 0 fully saturated rings. The van der Waals surface area contributed by atoms with Crippen LogP contribution in [0, 0.1) is 0 Å². The Morgan fingerprint density at radius 3 is 2.07 bits per heavy atom. The van der Waals surface area contributed by atoms with Crippen molar-refractivity contribution in [2.75, 3.05) is 0 Å². The Morgan fingerprint density at radius 2 is 1.44 bits per heavy atom. The largest absolute Gasteiger partial charge is 0.134 e. The van der Waals surface area contributed by atoms with Gasteiger partial charge in [-0.25, -0.2) is 0 Å². The number of fused-ring (bicyclic) bond motifs is 3. The van der Waals surface area contributed by atoms with Gasteiger partial charge in [0, 0.05) is 34.0 Å². The highest BCUT2D eigenvalue weighted by Gasteiger charge is 2.41. The van der Waals surface area contributed by atoms with Crippen LogP contribution in [0.5, 0.6) is 0 Å². The zero-order valence-electron chi connectivity index (χ0n) is 20.3. The van der Waals surface area contributed by atoms with Crippen LogP contribution in [0.4, 0.5) is 0 Å². The van der Waals surface area contributed by atoms with E-state index in [4.69, 9.17) is 19.8 Å². The van der Waals surface area contributed by atoms with Crippen LogP contribution < -0.4 is 0 Å². The van der Waals surface area contributed by atoms with Crippen molar-refractivity contribution in [3.8, 4) is 32.0 Å². The monoisotopic (exact) mass is 392 g/mol. The number of benzene rings is 3. The normalized spacial score (nSPS) is 18.3. The average molecular weight is 393 g/mol. The third kappa shape index (κ3) is 2.50. The molecule has 1 aromatic heterocycles. The van der Waals surface area contributed by atoms with E-state index in [2.05, 4.69) is 0 Å². The Kier molecular flexibility index (Phi) is 2.59. The minimum Gasteiger partial charge on any atom is -0.134 e. The zero-order chi connectivity index (χ0) is 23.6. The molecule has 0 aliphatic heterocycles. The van der Waals surface area contributed by atoms with Crippen molar-refractivity contribution in [3.05, 3.63) is 95.0 Å². The second-order valence-electron chi connectivity index (χ2n) is 6.68. The minimum absolute atomic E-state index is 0.238. The summed E-state index contributed by atoms with van der Waals surface area (Å²) in [7, 11) is 0. The molecular weight excluding hydrogens is 368 g/mol. The highest BCUT2D eigenvalue weighted by molar-refractivity contribution is 7.19. The van der Waals surface area contributed by atoms with Crippen LogP contribution in [0.2, 0.25) is 5.02 Å². The second kappa shape index (κ2) is 6.09. The fraction of sp³-hybridized carbons (Fsp3) is 0.120. The van der Waals surface area contributed by atoms with Crippen molar-refractivity contribution in [2.24, 2.45) is 0 Å². The Balaban J connectivity index is 2.02. The number of hydrogen-bond donors (Lipinski definition) is 0. The van der Waals surface area contributed by atoms with Crippen molar-refractivity contribution in [1.82, 2.24) is 0 Å². The SMILES string of the molecule is [2H]C([2H])([2H])C1(C([2H])([2H])[2H])c2cc(Cl)ccc2-c2c(-c3ccccc3)sc(-c3ccccc3)c21. The number of hydrogen-bond acceptors (Lipinski definition) is 1. The molecule has 0 atom stereocenters. The van der Waals surface area contributed by atoms with E-state index in [9.17, 15) is 0 Å². The summed E-state index contributed by atoms with van der Waals surface area (Å²) in [4.78, 5) is 1.51. The molecule has 0 N–H and O–H groups in total. The van der Waals surface area contributed by atoms with Crippen LogP contribution >= 0.6 is 22.9 Å². The molecule has 1 aliphatic carbocycles. The van der Waals surface area contributed by atoms with Crippen LogP contribution in [0.3, 0.4) is 0 Å². The lowest BCUT2D eigenvalue weighted by Gasteiger charge is -2.22. The quantitative estimate of drug-likeness (QED) is 0.323. The van der Waals surface area contributed by atoms with Gasteiger partial charge >= 0.3 is 0 Å². The Hall–Kier alpha value is -2.35. The third-order valence-electron chi connectivity index (χ3n) is 5.01. The fourth-order valence-corrected chi connectivity index (χ4v) is 5.37. The molecule has 0 nitrogen and oxygen atoms in total. The van der Waals surface area contributed by atoms with Crippen molar-refractivity contribution >= 4 is 22.9 Å². The van der Waals surface area contributed by atoms with Crippen LogP contribution in [0.1, 0.15) is 33.1 Å². The first kappa shape index (κ1) is 11.5. The molecule has 5 rings (SSSR count). The van der Waals surface area contributed by atoms with Gasteiger partial charge in [0.1, 0.15) is 0 Å². The summed E-state index contributed by atoms with van der Waals surface area (Å²) in [6, 6.07) is 24.0. The molecule has 0 saturated heterocycles. The predicted molar refractivity (Wildman–Crippen MR) is 118 cm³/mol. The topological polar surface area (TPSA) is 0 Å². The van der Waals surface area contributed by atoms with Crippen LogP contribution in [0.25, 0.3) is 32.0 Å². The smallest absolute Gasteiger partial charge is 0.0431 e. The summed E-state index contributed by atoms with van der Waals surface area (Å²) >= 11 is 7.75. The molecule has 1 heterocycles. The fourth-order valence-electron chi connectivity index (χ4n) is 3.81. The molecule has 132 valence electrons. The van der Waals surface area contributed by atoms with Crippen LogP contribution in [-0.4, -0.2) is 0 Å². The van der Waals surface area contributed by atoms with E-state index in [0.717, 1.165) is 16.0 Å². The Labute approximate surface area is 177 Å². The molecule has 0 unspecified atom stereocenters. The Bertz CT molecular complexity index is 1320. The van der Waals surface area contributed by atoms with Gasteiger partial charge in [-0.15, -0.1) is 11.3 Å². The molecule has 1 aliphatic rings. The zero-order valence-corrected chi connectivity index (χ0v) is 15.9. The maximum Gasteiger partial charge on any atom is 0.0431 e. The van der Waals surface area contributed by atoms with Gasteiger partial charge in [-0.3, -0.25) is 0 Å². The third-order valence-corrected chi connectivity index (χ3v) is 6.53. The van der Waals surface area contributed by atoms with E-state index in [0.29, 0.717) is 26.6 Å². The molecule has 0 radical (unpaired) electrons. The molecule has 27 heavy (non-hydrogen) atoms. The molecule has 0 spiro atoms. The van der Waals surface area contributed by atoms with Crippen molar-refractivity contribution in [1.29, 1.82) is 0 Å². The molecule has 2 heteroatoms. The molecule has 3 aromatic carbocycles. The van der Waals surface area contributed by atoms with E-state index in [1.165, 1.54) is 17.4 Å². The number of rotatable bonds is 2. The van der Waals surface area contributed by atoms with Gasteiger partial charge in [0.05, 0.1) is 0 Å². The lowest BCUT2D eigenvalue weighted by atomic mass is 9.81. The number of halogens is 1. The minimum atomic E-state index is -2.85. The summed E-state index contributed by atoms with van der Waals surface area (Å²) in [6.45, 7) is -5.69. The predicted octanol–water partition coefficient (Wildman–Crippen LogP) is 8.04. The average Bonchev–Trinajstić information content (AvgIpc) is 3.28. The summed E-state index contributed by atoms with van der Waals surface area (Å²) in [5.41, 5.74) is 1.36. The van der Waals surface area contributed by atoms with Gasteiger partial charge < -0.3 is 0 Å². The lowest BCUT2D eigenvalue weighted by molar-refractivity contribution is 0.664. The van der Waals surface area contributed by atoms with Crippen LogP contribution in [0.15, 0.2) is 78.9 Å². The summed E-state index contributed by atoms with van der Waals surface area (Å²) in [6.07, 6.45) is 0. The molecular formula is C25H19ClS. The highest BCUT2D eigenvalue weighted by Crippen LogP contribution is 2.59. The van der Waals surface area contributed by atoms with E-state index in [1.807, 2.05) is 60.7 Å².